The van der Waals surface area contributed by atoms with E-state index in [1.165, 1.54) is 17.0 Å². The molecule has 1 atom stereocenters. The van der Waals surface area contributed by atoms with E-state index >= 15 is 0 Å². The fourth-order valence-electron chi connectivity index (χ4n) is 1.98. The lowest BCUT2D eigenvalue weighted by Crippen LogP contribution is -2.29. The van der Waals surface area contributed by atoms with Crippen molar-refractivity contribution in [1.82, 2.24) is 0 Å². The van der Waals surface area contributed by atoms with Crippen molar-refractivity contribution in [2.24, 2.45) is 11.7 Å². The summed E-state index contributed by atoms with van der Waals surface area (Å²) in [7, 11) is 0. The van der Waals surface area contributed by atoms with E-state index in [1.54, 1.807) is 6.07 Å². The number of carboxylic acids is 1. The Balaban J connectivity index is 2.36. The van der Waals surface area contributed by atoms with E-state index in [-0.39, 0.29) is 24.4 Å². The van der Waals surface area contributed by atoms with Crippen LogP contribution in [0.4, 0.5) is 5.69 Å². The van der Waals surface area contributed by atoms with Gasteiger partial charge in [0.05, 0.1) is 17.2 Å². The number of benzene rings is 1. The van der Waals surface area contributed by atoms with E-state index in [4.69, 9.17) is 10.8 Å². The Morgan fingerprint density at radius 1 is 1.42 bits per heavy atom. The van der Waals surface area contributed by atoms with E-state index in [2.05, 4.69) is 0 Å². The highest BCUT2D eigenvalue weighted by atomic mass is 127. The van der Waals surface area contributed by atoms with Crippen LogP contribution in [0.1, 0.15) is 16.8 Å². The molecule has 0 aromatic heterocycles. The summed E-state index contributed by atoms with van der Waals surface area (Å²) in [5.74, 6) is -2.31. The van der Waals surface area contributed by atoms with Crippen LogP contribution in [0.5, 0.6) is 0 Å². The maximum Gasteiger partial charge on any atom is 0.335 e. The van der Waals surface area contributed by atoms with Crippen molar-refractivity contribution in [3.63, 3.8) is 0 Å². The highest BCUT2D eigenvalue weighted by Crippen LogP contribution is 2.30. The number of aromatic carboxylic acids is 1. The molecule has 0 bridgehead atoms. The van der Waals surface area contributed by atoms with Crippen molar-refractivity contribution in [2.75, 3.05) is 11.4 Å². The van der Waals surface area contributed by atoms with Crippen molar-refractivity contribution in [1.29, 1.82) is 0 Å². The quantitative estimate of drug-likeness (QED) is 0.766. The number of carbonyl (C=O) groups is 3. The van der Waals surface area contributed by atoms with Crippen molar-refractivity contribution in [2.45, 2.75) is 6.42 Å². The highest BCUT2D eigenvalue weighted by Gasteiger charge is 2.34. The molecule has 0 aliphatic carbocycles. The van der Waals surface area contributed by atoms with Gasteiger partial charge < -0.3 is 15.7 Å². The minimum atomic E-state index is -1.06. The summed E-state index contributed by atoms with van der Waals surface area (Å²) in [6.07, 6.45) is 0.0721. The Morgan fingerprint density at radius 3 is 2.63 bits per heavy atom. The average Bonchev–Trinajstić information content (AvgIpc) is 2.72. The number of amides is 2. The predicted octanol–water partition coefficient (Wildman–Crippen LogP) is 0.828. The first-order valence-corrected chi connectivity index (χ1v) is 6.60. The Morgan fingerprint density at radius 2 is 2.11 bits per heavy atom. The van der Waals surface area contributed by atoms with Gasteiger partial charge in [-0.3, -0.25) is 9.59 Å². The Hall–Kier alpha value is -1.64. The van der Waals surface area contributed by atoms with Crippen LogP contribution in [0, 0.1) is 9.49 Å². The fourth-order valence-corrected chi connectivity index (χ4v) is 2.61. The summed E-state index contributed by atoms with van der Waals surface area (Å²) < 4.78 is 0.751. The molecular weight excluding hydrogens is 363 g/mol. The molecule has 1 aliphatic rings. The molecule has 6 nitrogen and oxygen atoms in total. The summed E-state index contributed by atoms with van der Waals surface area (Å²) in [5, 5.41) is 8.97. The number of nitrogens with zero attached hydrogens (tertiary/aromatic N) is 1. The number of anilines is 1. The van der Waals surface area contributed by atoms with E-state index in [1.807, 2.05) is 22.6 Å². The van der Waals surface area contributed by atoms with Gasteiger partial charge in [-0.05, 0) is 40.8 Å². The molecule has 1 unspecified atom stereocenters. The Kier molecular flexibility index (Phi) is 3.74. The van der Waals surface area contributed by atoms with Crippen LogP contribution < -0.4 is 10.6 Å². The smallest absolute Gasteiger partial charge is 0.335 e. The average molecular weight is 374 g/mol. The number of halogens is 1. The molecule has 1 fully saturated rings. The third kappa shape index (κ3) is 2.70. The summed E-state index contributed by atoms with van der Waals surface area (Å²) in [6, 6.07) is 4.54. The number of carboxylic acid groups (broad SMARTS) is 1. The molecule has 2 rings (SSSR count). The number of carbonyl (C=O) groups excluding carboxylic acids is 2. The molecule has 7 heteroatoms. The number of nitrogens with two attached hydrogens (primary N) is 1. The molecule has 2 amide bonds. The summed E-state index contributed by atoms with van der Waals surface area (Å²) in [6.45, 7) is 0.202. The van der Waals surface area contributed by atoms with E-state index < -0.39 is 17.8 Å². The Bertz CT molecular complexity index is 573. The zero-order valence-electron chi connectivity index (χ0n) is 9.80. The molecule has 1 saturated heterocycles. The minimum absolute atomic E-state index is 0.0721. The molecule has 1 aromatic carbocycles. The van der Waals surface area contributed by atoms with Crippen molar-refractivity contribution in [3.8, 4) is 0 Å². The second-order valence-electron chi connectivity index (χ2n) is 4.28. The highest BCUT2D eigenvalue weighted by molar-refractivity contribution is 14.1. The predicted molar refractivity (Wildman–Crippen MR) is 75.8 cm³/mol. The van der Waals surface area contributed by atoms with Crippen LogP contribution in [-0.2, 0) is 9.59 Å². The van der Waals surface area contributed by atoms with E-state index in [0.717, 1.165) is 3.57 Å². The largest absolute Gasteiger partial charge is 0.478 e. The molecule has 0 radical (unpaired) electrons. The van der Waals surface area contributed by atoms with Gasteiger partial charge in [0.1, 0.15) is 0 Å². The third-order valence-electron chi connectivity index (χ3n) is 3.01. The maximum atomic E-state index is 11.9. The second kappa shape index (κ2) is 5.16. The van der Waals surface area contributed by atoms with Gasteiger partial charge >= 0.3 is 5.97 Å². The zero-order valence-corrected chi connectivity index (χ0v) is 12.0. The van der Waals surface area contributed by atoms with Gasteiger partial charge in [-0.15, -0.1) is 0 Å². The van der Waals surface area contributed by atoms with Crippen molar-refractivity contribution >= 4 is 46.1 Å². The van der Waals surface area contributed by atoms with Crippen LogP contribution in [0.25, 0.3) is 0 Å². The normalized spacial score (nSPS) is 18.7. The topological polar surface area (TPSA) is 101 Å². The van der Waals surface area contributed by atoms with E-state index in [0.29, 0.717) is 5.69 Å². The maximum absolute atomic E-state index is 11.9. The summed E-state index contributed by atoms with van der Waals surface area (Å²) in [4.78, 5) is 35.4. The summed E-state index contributed by atoms with van der Waals surface area (Å²) >= 11 is 2.02. The molecule has 0 saturated carbocycles. The lowest BCUT2D eigenvalue weighted by molar-refractivity contribution is -0.123. The fraction of sp³-hybridized carbons (Fsp3) is 0.250. The van der Waals surface area contributed by atoms with E-state index in [9.17, 15) is 14.4 Å². The number of hydrogen-bond acceptors (Lipinski definition) is 3. The minimum Gasteiger partial charge on any atom is -0.478 e. The summed E-state index contributed by atoms with van der Waals surface area (Å²) in [5.41, 5.74) is 5.81. The number of rotatable bonds is 3. The number of hydrogen-bond donors (Lipinski definition) is 2. The standard InChI is InChI=1S/C12H11IN2O4/c13-8-2-1-6(12(18)19)3-9(8)15-5-7(11(14)17)4-10(15)16/h1-3,7H,4-5H2,(H2,14,17)(H,18,19). The molecule has 1 aromatic rings. The van der Waals surface area contributed by atoms with Crippen molar-refractivity contribution < 1.29 is 19.5 Å². The van der Waals surface area contributed by atoms with Gasteiger partial charge in [0.25, 0.3) is 0 Å². The molecule has 1 heterocycles. The number of primary amides is 1. The lowest BCUT2D eigenvalue weighted by Gasteiger charge is -2.18. The molecule has 1 aliphatic heterocycles. The van der Waals surface area contributed by atoms with Crippen LogP contribution >= 0.6 is 22.6 Å². The first kappa shape index (κ1) is 13.8. The van der Waals surface area contributed by atoms with Crippen molar-refractivity contribution in [3.05, 3.63) is 27.3 Å². The van der Waals surface area contributed by atoms with Gasteiger partial charge in [0.15, 0.2) is 0 Å². The van der Waals surface area contributed by atoms with Gasteiger partial charge in [0.2, 0.25) is 11.8 Å². The molecule has 3 N–H and O–H groups in total. The van der Waals surface area contributed by atoms with Crippen LogP contribution in [-0.4, -0.2) is 29.4 Å². The molecular formula is C12H11IN2O4. The molecule has 100 valence electrons. The first-order valence-electron chi connectivity index (χ1n) is 5.52. The van der Waals surface area contributed by atoms with Gasteiger partial charge in [-0.1, -0.05) is 0 Å². The van der Waals surface area contributed by atoms with Crippen LogP contribution in [0.3, 0.4) is 0 Å². The van der Waals surface area contributed by atoms with Gasteiger partial charge in [0, 0.05) is 16.5 Å². The Labute approximate surface area is 122 Å². The van der Waals surface area contributed by atoms with Gasteiger partial charge in [-0.25, -0.2) is 4.79 Å². The lowest BCUT2D eigenvalue weighted by atomic mass is 10.1. The van der Waals surface area contributed by atoms with Crippen LogP contribution in [0.15, 0.2) is 18.2 Å². The van der Waals surface area contributed by atoms with Crippen LogP contribution in [0.2, 0.25) is 0 Å². The van der Waals surface area contributed by atoms with Gasteiger partial charge in [-0.2, -0.15) is 0 Å². The molecule has 0 spiro atoms. The zero-order chi connectivity index (χ0) is 14.2. The monoisotopic (exact) mass is 374 g/mol. The first-order chi connectivity index (χ1) is 8.90. The SMILES string of the molecule is NC(=O)C1CC(=O)N(c2cc(C(=O)O)ccc2I)C1. The molecule has 19 heavy (non-hydrogen) atoms. The second-order valence-corrected chi connectivity index (χ2v) is 5.44. The third-order valence-corrected chi connectivity index (χ3v) is 3.92.